The van der Waals surface area contributed by atoms with E-state index in [1.54, 1.807) is 17.5 Å². The maximum absolute atomic E-state index is 12.5. The second kappa shape index (κ2) is 11.0. The standard InChI is InChI=1S/C26H31N3O2S/c1-6-8-12-18(7-2)23-22(17(3)4)28-26(32-23)29-24-21(25(30)31-5)15-20(16-27-24)19-13-10-9-11-14-19/h7,9-11,13-17H,6,8,12H2,1-5H3,(H,27,28,29)/b18-7+. The lowest BCUT2D eigenvalue weighted by Gasteiger charge is -2.10. The molecule has 0 atom stereocenters. The van der Waals surface area contributed by atoms with Crippen molar-refractivity contribution in [2.45, 2.75) is 52.9 Å². The number of benzene rings is 1. The fraction of sp³-hybridized carbons (Fsp3) is 0.346. The van der Waals surface area contributed by atoms with Crippen LogP contribution in [0.2, 0.25) is 0 Å². The van der Waals surface area contributed by atoms with Gasteiger partial charge in [-0.05, 0) is 42.9 Å². The molecule has 0 spiro atoms. The van der Waals surface area contributed by atoms with Crippen molar-refractivity contribution >= 4 is 33.8 Å². The second-order valence-corrected chi connectivity index (χ2v) is 8.91. The van der Waals surface area contributed by atoms with Gasteiger partial charge in [-0.1, -0.05) is 74.9 Å². The van der Waals surface area contributed by atoms with Crippen LogP contribution in [0, 0.1) is 0 Å². The Hall–Kier alpha value is -2.99. The van der Waals surface area contributed by atoms with Crippen LogP contribution in [0.3, 0.4) is 0 Å². The lowest BCUT2D eigenvalue weighted by Crippen LogP contribution is -2.08. The Morgan fingerprint density at radius 1 is 1.22 bits per heavy atom. The molecule has 0 saturated heterocycles. The zero-order valence-corrected chi connectivity index (χ0v) is 20.3. The number of hydrogen-bond acceptors (Lipinski definition) is 6. The van der Waals surface area contributed by atoms with E-state index >= 15 is 0 Å². The molecule has 1 N–H and O–H groups in total. The van der Waals surface area contributed by atoms with Crippen LogP contribution in [-0.2, 0) is 4.74 Å². The van der Waals surface area contributed by atoms with E-state index in [1.165, 1.54) is 17.6 Å². The smallest absolute Gasteiger partial charge is 0.341 e. The molecule has 5 nitrogen and oxygen atoms in total. The number of allylic oxidation sites excluding steroid dienone is 2. The summed E-state index contributed by atoms with van der Waals surface area (Å²) in [4.78, 5) is 23.2. The summed E-state index contributed by atoms with van der Waals surface area (Å²) in [6.45, 7) is 8.60. The third kappa shape index (κ3) is 5.43. The Morgan fingerprint density at radius 3 is 2.59 bits per heavy atom. The number of rotatable bonds is 9. The van der Waals surface area contributed by atoms with Crippen LogP contribution in [0.5, 0.6) is 0 Å². The summed E-state index contributed by atoms with van der Waals surface area (Å²) in [6, 6.07) is 11.7. The first-order chi connectivity index (χ1) is 15.5. The van der Waals surface area contributed by atoms with Crippen molar-refractivity contribution < 1.29 is 9.53 Å². The third-order valence-electron chi connectivity index (χ3n) is 5.27. The largest absolute Gasteiger partial charge is 0.465 e. The molecule has 0 aliphatic rings. The van der Waals surface area contributed by atoms with Crippen molar-refractivity contribution in [2.24, 2.45) is 0 Å². The molecule has 2 aromatic heterocycles. The lowest BCUT2D eigenvalue weighted by molar-refractivity contribution is 0.0601. The van der Waals surface area contributed by atoms with Gasteiger partial charge in [0.25, 0.3) is 0 Å². The Morgan fingerprint density at radius 2 is 1.97 bits per heavy atom. The molecule has 0 unspecified atom stereocenters. The first-order valence-electron chi connectivity index (χ1n) is 11.1. The van der Waals surface area contributed by atoms with Gasteiger partial charge >= 0.3 is 5.97 Å². The molecule has 0 fully saturated rings. The molecule has 1 aromatic carbocycles. The van der Waals surface area contributed by atoms with Gasteiger partial charge in [0.05, 0.1) is 17.7 Å². The Labute approximate surface area is 194 Å². The van der Waals surface area contributed by atoms with E-state index in [2.05, 4.69) is 44.1 Å². The minimum absolute atomic E-state index is 0.293. The van der Waals surface area contributed by atoms with Crippen LogP contribution in [0.1, 0.15) is 73.8 Å². The van der Waals surface area contributed by atoms with Crippen molar-refractivity contribution in [3.8, 4) is 11.1 Å². The molecule has 0 aliphatic heterocycles. The summed E-state index contributed by atoms with van der Waals surface area (Å²) in [5, 5.41) is 4.01. The molecule has 6 heteroatoms. The van der Waals surface area contributed by atoms with Gasteiger partial charge in [-0.3, -0.25) is 0 Å². The van der Waals surface area contributed by atoms with Gasteiger partial charge in [0.15, 0.2) is 5.13 Å². The van der Waals surface area contributed by atoms with Gasteiger partial charge in [0.1, 0.15) is 11.4 Å². The summed E-state index contributed by atoms with van der Waals surface area (Å²) < 4.78 is 5.03. The van der Waals surface area contributed by atoms with Crippen LogP contribution in [0.4, 0.5) is 10.9 Å². The van der Waals surface area contributed by atoms with Crippen molar-refractivity contribution in [3.05, 3.63) is 64.8 Å². The average Bonchev–Trinajstić information content (AvgIpc) is 3.24. The number of carbonyl (C=O) groups excluding carboxylic acids is 1. The Bertz CT molecular complexity index is 1090. The number of hydrogen-bond donors (Lipinski definition) is 1. The number of pyridine rings is 1. The van der Waals surface area contributed by atoms with Gasteiger partial charge in [-0.25, -0.2) is 14.8 Å². The number of carbonyl (C=O) groups is 1. The third-order valence-corrected chi connectivity index (χ3v) is 6.33. The minimum Gasteiger partial charge on any atom is -0.465 e. The summed E-state index contributed by atoms with van der Waals surface area (Å²) in [6.07, 6.45) is 7.28. The van der Waals surface area contributed by atoms with E-state index < -0.39 is 5.97 Å². The second-order valence-electron chi connectivity index (χ2n) is 7.91. The SMILES string of the molecule is C/C=C(\CCCC)c1sc(Nc2ncc(-c3ccccc3)cc2C(=O)OC)nc1C(C)C. The van der Waals surface area contributed by atoms with Crippen LogP contribution in [0.25, 0.3) is 16.7 Å². The topological polar surface area (TPSA) is 64.1 Å². The van der Waals surface area contributed by atoms with Crippen molar-refractivity contribution in [2.75, 3.05) is 12.4 Å². The molecular weight excluding hydrogens is 418 g/mol. The summed E-state index contributed by atoms with van der Waals surface area (Å²) in [5.74, 6) is 0.306. The number of aromatic nitrogens is 2. The van der Waals surface area contributed by atoms with Gasteiger partial charge in [0.2, 0.25) is 0 Å². The fourth-order valence-electron chi connectivity index (χ4n) is 3.48. The fourth-order valence-corrected chi connectivity index (χ4v) is 4.70. The number of methoxy groups -OCH3 is 1. The molecule has 0 radical (unpaired) electrons. The van der Waals surface area contributed by atoms with Crippen LogP contribution >= 0.6 is 11.3 Å². The summed E-state index contributed by atoms with van der Waals surface area (Å²) in [5.41, 5.74) is 4.62. The quantitative estimate of drug-likeness (QED) is 0.344. The normalized spacial score (nSPS) is 11.6. The van der Waals surface area contributed by atoms with Crippen LogP contribution < -0.4 is 5.32 Å². The van der Waals surface area contributed by atoms with E-state index in [0.717, 1.165) is 41.2 Å². The molecule has 0 amide bonds. The van der Waals surface area contributed by atoms with Gasteiger partial charge < -0.3 is 10.1 Å². The molecule has 2 heterocycles. The van der Waals surface area contributed by atoms with Gasteiger partial charge in [-0.15, -0.1) is 0 Å². The number of nitrogens with one attached hydrogen (secondary N) is 1. The Kier molecular flexibility index (Phi) is 8.17. The highest BCUT2D eigenvalue weighted by Gasteiger charge is 2.20. The van der Waals surface area contributed by atoms with Crippen molar-refractivity contribution in [1.29, 1.82) is 0 Å². The molecule has 0 bridgehead atoms. The molecule has 3 aromatic rings. The predicted molar refractivity (Wildman–Crippen MR) is 134 cm³/mol. The summed E-state index contributed by atoms with van der Waals surface area (Å²) >= 11 is 1.61. The molecule has 0 saturated carbocycles. The molecule has 3 rings (SSSR count). The van der Waals surface area contributed by atoms with Gasteiger partial charge in [0, 0.05) is 11.8 Å². The Balaban J connectivity index is 1.99. The van der Waals surface area contributed by atoms with Crippen molar-refractivity contribution in [3.63, 3.8) is 0 Å². The summed E-state index contributed by atoms with van der Waals surface area (Å²) in [7, 11) is 1.38. The number of esters is 1. The molecule has 168 valence electrons. The van der Waals surface area contributed by atoms with E-state index in [-0.39, 0.29) is 0 Å². The molecule has 0 aliphatic carbocycles. The maximum atomic E-state index is 12.5. The zero-order chi connectivity index (χ0) is 23.1. The monoisotopic (exact) mass is 449 g/mol. The first kappa shape index (κ1) is 23.7. The zero-order valence-electron chi connectivity index (χ0n) is 19.4. The van der Waals surface area contributed by atoms with E-state index in [0.29, 0.717) is 17.3 Å². The van der Waals surface area contributed by atoms with Crippen molar-refractivity contribution in [1.82, 2.24) is 9.97 Å². The van der Waals surface area contributed by atoms with Crippen LogP contribution in [-0.4, -0.2) is 23.0 Å². The van der Waals surface area contributed by atoms with E-state index in [4.69, 9.17) is 9.72 Å². The molecular formula is C26H31N3O2S. The minimum atomic E-state index is -0.435. The predicted octanol–water partition coefficient (Wildman–Crippen LogP) is 7.45. The average molecular weight is 450 g/mol. The maximum Gasteiger partial charge on any atom is 0.341 e. The molecule has 32 heavy (non-hydrogen) atoms. The lowest BCUT2D eigenvalue weighted by atomic mass is 10.0. The number of ether oxygens (including phenoxy) is 1. The van der Waals surface area contributed by atoms with Crippen LogP contribution in [0.15, 0.2) is 48.7 Å². The number of thiazole rings is 1. The number of unbranched alkanes of at least 4 members (excludes halogenated alkanes) is 1. The number of nitrogens with zero attached hydrogens (tertiary/aromatic N) is 2. The first-order valence-corrected chi connectivity index (χ1v) is 11.9. The highest BCUT2D eigenvalue weighted by molar-refractivity contribution is 7.16. The van der Waals surface area contributed by atoms with E-state index in [9.17, 15) is 4.79 Å². The highest BCUT2D eigenvalue weighted by Crippen LogP contribution is 2.37. The highest BCUT2D eigenvalue weighted by atomic mass is 32.1. The van der Waals surface area contributed by atoms with Gasteiger partial charge in [-0.2, -0.15) is 0 Å². The number of anilines is 2. The van der Waals surface area contributed by atoms with E-state index in [1.807, 2.05) is 36.4 Å².